The molecule has 0 aliphatic carbocycles. The molecule has 1 rings (SSSR count). The van der Waals surface area contributed by atoms with Crippen LogP contribution in [-0.4, -0.2) is 36.4 Å². The van der Waals surface area contributed by atoms with Crippen molar-refractivity contribution in [3.63, 3.8) is 0 Å². The maximum absolute atomic E-state index is 11.0. The fraction of sp³-hybridized carbons (Fsp3) is 0.700. The Morgan fingerprint density at radius 3 is 2.40 bits per heavy atom. The van der Waals surface area contributed by atoms with Crippen LogP contribution in [0.2, 0.25) is 0 Å². The second-order valence-corrected chi connectivity index (χ2v) is 3.59. The first-order chi connectivity index (χ1) is 7.18. The van der Waals surface area contributed by atoms with Crippen LogP contribution in [0.4, 0.5) is 0 Å². The number of halogens is 1. The third kappa shape index (κ3) is 2.80. The molecule has 0 spiro atoms. The minimum Gasteiger partial charge on any atom is -0.449 e. The van der Waals surface area contributed by atoms with Gasteiger partial charge in [-0.25, -0.2) is 4.79 Å². The summed E-state index contributed by atoms with van der Waals surface area (Å²) in [5.41, 5.74) is 0. The van der Waals surface area contributed by atoms with Gasteiger partial charge in [-0.05, 0) is 19.9 Å². The Hall–Kier alpha value is -0.390. The second kappa shape index (κ2) is 5.63. The minimum absolute atomic E-state index is 0.357. The van der Waals surface area contributed by atoms with Crippen LogP contribution in [0.1, 0.15) is 13.8 Å². The van der Waals surface area contributed by atoms with Crippen LogP contribution in [0.5, 0.6) is 0 Å². The van der Waals surface area contributed by atoms with Crippen molar-refractivity contribution in [2.24, 2.45) is 0 Å². The van der Waals surface area contributed by atoms with Crippen LogP contribution in [-0.2, 0) is 19.0 Å². The monoisotopic (exact) mass is 278 g/mol. The molecule has 15 heavy (non-hydrogen) atoms. The van der Waals surface area contributed by atoms with Gasteiger partial charge in [-0.1, -0.05) is 15.9 Å². The van der Waals surface area contributed by atoms with Gasteiger partial charge in [-0.3, -0.25) is 0 Å². The summed E-state index contributed by atoms with van der Waals surface area (Å²) in [5.74, 6) is -1.27. The lowest BCUT2D eigenvalue weighted by Gasteiger charge is -2.34. The van der Waals surface area contributed by atoms with Crippen molar-refractivity contribution < 1.29 is 19.0 Å². The highest BCUT2D eigenvalue weighted by atomic mass is 79.9. The molecule has 1 aliphatic rings. The topological polar surface area (TPSA) is 44.8 Å². The van der Waals surface area contributed by atoms with Crippen molar-refractivity contribution in [2.75, 3.05) is 18.5 Å². The highest BCUT2D eigenvalue weighted by Gasteiger charge is 2.43. The fourth-order valence-electron chi connectivity index (χ4n) is 1.45. The van der Waals surface area contributed by atoms with E-state index in [1.807, 2.05) is 13.8 Å². The van der Waals surface area contributed by atoms with Crippen LogP contribution >= 0.6 is 15.9 Å². The zero-order valence-corrected chi connectivity index (χ0v) is 10.5. The average Bonchev–Trinajstić information content (AvgIpc) is 2.65. The third-order valence-corrected chi connectivity index (χ3v) is 2.83. The normalized spacial score (nSPS) is 20.7. The predicted molar refractivity (Wildman–Crippen MR) is 58.8 cm³/mol. The summed E-state index contributed by atoms with van der Waals surface area (Å²) in [7, 11) is 0. The number of hydrogen-bond donors (Lipinski definition) is 0. The maximum atomic E-state index is 11.0. The molecule has 1 aliphatic heterocycles. The van der Waals surface area contributed by atoms with Crippen molar-refractivity contribution >= 4 is 21.9 Å². The molecule has 0 aromatic heterocycles. The Labute approximate surface area is 97.7 Å². The largest absolute Gasteiger partial charge is 0.449 e. The van der Waals surface area contributed by atoms with Crippen LogP contribution in [0.15, 0.2) is 12.2 Å². The molecule has 0 bridgehead atoms. The maximum Gasteiger partial charge on any atom is 0.331 e. The van der Waals surface area contributed by atoms with E-state index in [9.17, 15) is 4.79 Å². The zero-order chi connectivity index (χ0) is 11.3. The van der Waals surface area contributed by atoms with Gasteiger partial charge in [0.25, 0.3) is 0 Å². The van der Waals surface area contributed by atoms with E-state index in [-0.39, 0.29) is 5.97 Å². The van der Waals surface area contributed by atoms with E-state index in [4.69, 9.17) is 14.2 Å². The predicted octanol–water partition coefficient (Wildman–Crippen LogP) is 1.63. The van der Waals surface area contributed by atoms with E-state index >= 15 is 0 Å². The van der Waals surface area contributed by atoms with Gasteiger partial charge in [-0.15, -0.1) is 0 Å². The lowest BCUT2D eigenvalue weighted by Crippen LogP contribution is -2.49. The van der Waals surface area contributed by atoms with Crippen molar-refractivity contribution in [1.29, 1.82) is 0 Å². The molecule has 5 heteroatoms. The van der Waals surface area contributed by atoms with E-state index in [0.29, 0.717) is 18.5 Å². The van der Waals surface area contributed by atoms with Crippen molar-refractivity contribution in [3.8, 4) is 0 Å². The first-order valence-corrected chi connectivity index (χ1v) is 6.03. The standard InChI is InChI=1S/C10H15BrO4/c1-3-13-10(7-11,14-4-2)8-5-6-9(12)15-8/h5-6,8H,3-4,7H2,1-2H3. The number of hydrogen-bond acceptors (Lipinski definition) is 4. The highest BCUT2D eigenvalue weighted by molar-refractivity contribution is 9.09. The summed E-state index contributed by atoms with van der Waals surface area (Å²) in [6.07, 6.45) is 2.57. The van der Waals surface area contributed by atoms with Gasteiger partial charge in [0.2, 0.25) is 5.79 Å². The van der Waals surface area contributed by atoms with E-state index < -0.39 is 11.9 Å². The van der Waals surface area contributed by atoms with Gasteiger partial charge in [0.15, 0.2) is 6.10 Å². The van der Waals surface area contributed by atoms with Gasteiger partial charge < -0.3 is 14.2 Å². The summed E-state index contributed by atoms with van der Waals surface area (Å²) >= 11 is 3.33. The highest BCUT2D eigenvalue weighted by Crippen LogP contribution is 2.27. The van der Waals surface area contributed by atoms with Crippen molar-refractivity contribution in [2.45, 2.75) is 25.7 Å². The third-order valence-electron chi connectivity index (χ3n) is 2.05. The quantitative estimate of drug-likeness (QED) is 0.421. The molecule has 0 saturated heterocycles. The second-order valence-electron chi connectivity index (χ2n) is 3.03. The van der Waals surface area contributed by atoms with E-state index in [2.05, 4.69) is 15.9 Å². The molecule has 0 aromatic rings. The summed E-state index contributed by atoms with van der Waals surface area (Å²) in [4.78, 5) is 11.0. The molecule has 0 N–H and O–H groups in total. The molecule has 0 radical (unpaired) electrons. The Morgan fingerprint density at radius 2 is 2.07 bits per heavy atom. The summed E-state index contributed by atoms with van der Waals surface area (Å²) < 4.78 is 16.2. The Morgan fingerprint density at radius 1 is 1.47 bits per heavy atom. The number of cyclic esters (lactones) is 1. The van der Waals surface area contributed by atoms with Crippen LogP contribution in [0, 0.1) is 0 Å². The molecule has 1 atom stereocenters. The van der Waals surface area contributed by atoms with Gasteiger partial charge in [0.1, 0.15) is 0 Å². The van der Waals surface area contributed by atoms with E-state index in [0.717, 1.165) is 0 Å². The Kier molecular flexibility index (Phi) is 4.76. The summed E-state index contributed by atoms with van der Waals surface area (Å²) in [6.45, 7) is 4.73. The molecule has 0 aromatic carbocycles. The van der Waals surface area contributed by atoms with Crippen LogP contribution in [0.3, 0.4) is 0 Å². The lowest BCUT2D eigenvalue weighted by atomic mass is 10.1. The first kappa shape index (κ1) is 12.7. The number of esters is 1. The molecular formula is C10H15BrO4. The number of rotatable bonds is 6. The minimum atomic E-state index is -0.911. The molecule has 1 heterocycles. The van der Waals surface area contributed by atoms with Crippen molar-refractivity contribution in [1.82, 2.24) is 0 Å². The molecule has 0 saturated carbocycles. The average molecular weight is 279 g/mol. The molecule has 4 nitrogen and oxygen atoms in total. The van der Waals surface area contributed by atoms with Crippen molar-refractivity contribution in [3.05, 3.63) is 12.2 Å². The fourth-order valence-corrected chi connectivity index (χ4v) is 2.10. The molecule has 86 valence electrons. The molecule has 0 fully saturated rings. The SMILES string of the molecule is CCOC(CBr)(OCC)C1C=CC(=O)O1. The van der Waals surface area contributed by atoms with E-state index in [1.54, 1.807) is 6.08 Å². The van der Waals surface area contributed by atoms with Gasteiger partial charge in [-0.2, -0.15) is 0 Å². The van der Waals surface area contributed by atoms with Crippen LogP contribution in [0.25, 0.3) is 0 Å². The molecule has 0 amide bonds. The Bertz CT molecular complexity index is 246. The molecular weight excluding hydrogens is 264 g/mol. The lowest BCUT2D eigenvalue weighted by molar-refractivity contribution is -0.256. The van der Waals surface area contributed by atoms with Gasteiger partial charge >= 0.3 is 5.97 Å². The molecule has 1 unspecified atom stereocenters. The summed E-state index contributed by atoms with van der Waals surface area (Å²) in [6, 6.07) is 0. The number of carbonyl (C=O) groups is 1. The Balaban J connectivity index is 2.78. The zero-order valence-electron chi connectivity index (χ0n) is 8.86. The number of alkyl halides is 1. The smallest absolute Gasteiger partial charge is 0.331 e. The number of ether oxygens (including phenoxy) is 3. The van der Waals surface area contributed by atoms with Crippen LogP contribution < -0.4 is 0 Å². The summed E-state index contributed by atoms with van der Waals surface area (Å²) in [5, 5.41) is 0.448. The van der Waals surface area contributed by atoms with Gasteiger partial charge in [0, 0.05) is 19.3 Å². The van der Waals surface area contributed by atoms with Gasteiger partial charge in [0.05, 0.1) is 5.33 Å². The number of carbonyl (C=O) groups excluding carboxylic acids is 1. The first-order valence-electron chi connectivity index (χ1n) is 4.91. The van der Waals surface area contributed by atoms with E-state index in [1.165, 1.54) is 6.08 Å².